The molecule has 3 aliphatic heterocycles. The maximum absolute atomic E-state index is 2.70. The molecule has 4 bridgehead atoms. The molecule has 7 aromatic carbocycles. The molecule has 57 heavy (non-hydrogen) atoms. The number of para-hydroxylation sites is 4. The van der Waals surface area contributed by atoms with Crippen molar-refractivity contribution in [2.24, 2.45) is 23.7 Å². The van der Waals surface area contributed by atoms with E-state index in [1.165, 1.54) is 88.2 Å². The summed E-state index contributed by atoms with van der Waals surface area (Å²) in [5.41, 5.74) is 20.1. The van der Waals surface area contributed by atoms with E-state index in [1.54, 1.807) is 11.1 Å². The van der Waals surface area contributed by atoms with Crippen LogP contribution >= 0.6 is 0 Å². The molecule has 4 heteroatoms. The number of hydrogen-bond donors (Lipinski definition) is 0. The third-order valence-corrected chi connectivity index (χ3v) is 15.0. The zero-order chi connectivity index (χ0) is 37.4. The standard InChI is InChI=1S/C53H44BN3/c1-34-22-24-41(25-23-34)56-48-20-11-21-49-51(48)54(45-27-26-42(33-50(45)56)55(39-12-4-2-5-13-39)40-14-6-3-7-15-40)46-18-10-17-44-52(46)57(49)47-19-9-8-16-43(47)53(44)37-29-35-28-36(31-37)32-38(53)30-35/h2-27,33,35-38H,28-32H2,1H3. The van der Waals surface area contributed by atoms with Crippen LogP contribution in [0.4, 0.5) is 51.2 Å². The van der Waals surface area contributed by atoms with Crippen LogP contribution in [0, 0.1) is 30.6 Å². The largest absolute Gasteiger partial charge is 0.311 e. The fraction of sp³-hybridized carbons (Fsp3) is 0.208. The molecule has 14 rings (SSSR count). The third-order valence-electron chi connectivity index (χ3n) is 15.0. The molecule has 3 nitrogen and oxygen atoms in total. The summed E-state index contributed by atoms with van der Waals surface area (Å²) < 4.78 is 0. The molecule has 7 aliphatic rings. The molecule has 4 aliphatic carbocycles. The van der Waals surface area contributed by atoms with Gasteiger partial charge in [0.05, 0.1) is 5.69 Å². The van der Waals surface area contributed by atoms with Gasteiger partial charge in [0.2, 0.25) is 0 Å². The van der Waals surface area contributed by atoms with E-state index in [0.717, 1.165) is 28.9 Å². The van der Waals surface area contributed by atoms with E-state index in [4.69, 9.17) is 0 Å². The topological polar surface area (TPSA) is 9.72 Å². The summed E-state index contributed by atoms with van der Waals surface area (Å²) in [6, 6.07) is 62.2. The second kappa shape index (κ2) is 11.8. The Morgan fingerprint density at radius 2 is 1.09 bits per heavy atom. The van der Waals surface area contributed by atoms with Crippen molar-refractivity contribution in [1.29, 1.82) is 0 Å². The van der Waals surface area contributed by atoms with Gasteiger partial charge in [-0.25, -0.2) is 0 Å². The molecule has 0 unspecified atom stereocenters. The van der Waals surface area contributed by atoms with Crippen molar-refractivity contribution in [1.82, 2.24) is 0 Å². The summed E-state index contributed by atoms with van der Waals surface area (Å²) in [6.45, 7) is 2.29. The van der Waals surface area contributed by atoms with Gasteiger partial charge in [0, 0.05) is 50.9 Å². The lowest BCUT2D eigenvalue weighted by molar-refractivity contribution is -0.0419. The van der Waals surface area contributed by atoms with Crippen molar-refractivity contribution in [2.45, 2.75) is 44.4 Å². The first-order valence-electron chi connectivity index (χ1n) is 21.2. The molecule has 0 radical (unpaired) electrons. The molecule has 4 fully saturated rings. The van der Waals surface area contributed by atoms with Crippen molar-refractivity contribution in [3.8, 4) is 0 Å². The molecule has 0 saturated heterocycles. The van der Waals surface area contributed by atoms with Crippen molar-refractivity contribution in [3.63, 3.8) is 0 Å². The first-order valence-corrected chi connectivity index (χ1v) is 21.2. The SMILES string of the molecule is Cc1ccc(N2c3cc(N(c4ccccc4)c4ccccc4)ccc3B3c4cccc5c4N(c4ccccc4C54C5CC6CC(C5)CC4C6)c4cccc2c43)cc1. The Labute approximate surface area is 336 Å². The van der Waals surface area contributed by atoms with Crippen LogP contribution in [-0.4, -0.2) is 6.71 Å². The van der Waals surface area contributed by atoms with Gasteiger partial charge in [-0.1, -0.05) is 103 Å². The highest BCUT2D eigenvalue weighted by Crippen LogP contribution is 2.69. The van der Waals surface area contributed by atoms with Crippen molar-refractivity contribution in [2.75, 3.05) is 14.7 Å². The second-order valence-corrected chi connectivity index (χ2v) is 17.8. The van der Waals surface area contributed by atoms with Crippen LogP contribution in [0.15, 0.2) is 164 Å². The molecule has 1 spiro atoms. The van der Waals surface area contributed by atoms with Crippen molar-refractivity contribution >= 4 is 74.3 Å². The van der Waals surface area contributed by atoms with Crippen LogP contribution in [-0.2, 0) is 5.41 Å². The van der Waals surface area contributed by atoms with Crippen molar-refractivity contribution < 1.29 is 0 Å². The van der Waals surface area contributed by atoms with Gasteiger partial charge in [0.15, 0.2) is 0 Å². The molecule has 7 aromatic rings. The summed E-state index contributed by atoms with van der Waals surface area (Å²) >= 11 is 0. The molecule has 3 heterocycles. The highest BCUT2D eigenvalue weighted by Gasteiger charge is 2.62. The van der Waals surface area contributed by atoms with Crippen LogP contribution < -0.4 is 31.1 Å². The van der Waals surface area contributed by atoms with E-state index in [0.29, 0.717) is 11.8 Å². The van der Waals surface area contributed by atoms with E-state index >= 15 is 0 Å². The number of hydrogen-bond acceptors (Lipinski definition) is 3. The van der Waals surface area contributed by atoms with E-state index in [2.05, 4.69) is 185 Å². The first kappa shape index (κ1) is 32.1. The lowest BCUT2D eigenvalue weighted by Gasteiger charge is -2.64. The summed E-state index contributed by atoms with van der Waals surface area (Å²) in [7, 11) is 0. The van der Waals surface area contributed by atoms with Gasteiger partial charge in [-0.2, -0.15) is 0 Å². The second-order valence-electron chi connectivity index (χ2n) is 17.8. The van der Waals surface area contributed by atoms with Crippen LogP contribution in [0.1, 0.15) is 48.8 Å². The Morgan fingerprint density at radius 3 is 1.79 bits per heavy atom. The summed E-state index contributed by atoms with van der Waals surface area (Å²) in [5, 5.41) is 0. The number of benzene rings is 7. The molecule has 0 atom stereocenters. The minimum atomic E-state index is 0.0716. The number of anilines is 9. The van der Waals surface area contributed by atoms with Crippen molar-refractivity contribution in [3.05, 3.63) is 180 Å². The van der Waals surface area contributed by atoms with Gasteiger partial charge >= 0.3 is 0 Å². The Kier molecular flexibility index (Phi) is 6.63. The number of nitrogens with zero attached hydrogens (tertiary/aromatic N) is 3. The maximum Gasteiger partial charge on any atom is 0.252 e. The van der Waals surface area contributed by atoms with E-state index < -0.39 is 0 Å². The van der Waals surface area contributed by atoms with E-state index in [1.807, 2.05) is 0 Å². The van der Waals surface area contributed by atoms with Crippen LogP contribution in [0.5, 0.6) is 0 Å². The van der Waals surface area contributed by atoms with Crippen LogP contribution in [0.3, 0.4) is 0 Å². The smallest absolute Gasteiger partial charge is 0.252 e. The predicted octanol–water partition coefficient (Wildman–Crippen LogP) is 11.6. The summed E-state index contributed by atoms with van der Waals surface area (Å²) in [4.78, 5) is 7.65. The maximum atomic E-state index is 2.70. The normalized spacial score (nSPS) is 23.8. The zero-order valence-corrected chi connectivity index (χ0v) is 32.4. The summed E-state index contributed by atoms with van der Waals surface area (Å²) in [6.07, 6.45) is 6.98. The van der Waals surface area contributed by atoms with Crippen LogP contribution in [0.25, 0.3) is 0 Å². The number of aryl methyl sites for hydroxylation is 1. The minimum absolute atomic E-state index is 0.0716. The molecular formula is C53H44BN3. The van der Waals surface area contributed by atoms with Gasteiger partial charge < -0.3 is 14.7 Å². The molecule has 0 N–H and O–H groups in total. The zero-order valence-electron chi connectivity index (χ0n) is 32.4. The Balaban J connectivity index is 1.08. The summed E-state index contributed by atoms with van der Waals surface area (Å²) in [5.74, 6) is 3.22. The molecule has 4 saturated carbocycles. The minimum Gasteiger partial charge on any atom is -0.311 e. The fourth-order valence-electron chi connectivity index (χ4n) is 13.2. The van der Waals surface area contributed by atoms with E-state index in [-0.39, 0.29) is 12.1 Å². The van der Waals surface area contributed by atoms with Gasteiger partial charge in [-0.05, 0) is 157 Å². The highest BCUT2D eigenvalue weighted by atomic mass is 15.2. The molecular weight excluding hydrogens is 689 g/mol. The Morgan fingerprint density at radius 1 is 0.491 bits per heavy atom. The molecule has 0 aromatic heterocycles. The lowest BCUT2D eigenvalue weighted by atomic mass is 9.32. The fourth-order valence-corrected chi connectivity index (χ4v) is 13.2. The molecule has 0 amide bonds. The van der Waals surface area contributed by atoms with Gasteiger partial charge in [-0.3, -0.25) is 0 Å². The number of fused-ring (bicyclic) bond motifs is 6. The van der Waals surface area contributed by atoms with Gasteiger partial charge in [0.25, 0.3) is 6.71 Å². The first-order chi connectivity index (χ1) is 28.2. The lowest BCUT2D eigenvalue weighted by Crippen LogP contribution is -2.64. The monoisotopic (exact) mass is 733 g/mol. The van der Waals surface area contributed by atoms with Crippen LogP contribution in [0.2, 0.25) is 0 Å². The average Bonchev–Trinajstić information content (AvgIpc) is 3.25. The third kappa shape index (κ3) is 4.28. The predicted molar refractivity (Wildman–Crippen MR) is 238 cm³/mol. The molecule has 274 valence electrons. The number of rotatable bonds is 4. The average molecular weight is 734 g/mol. The van der Waals surface area contributed by atoms with Gasteiger partial charge in [0.1, 0.15) is 0 Å². The van der Waals surface area contributed by atoms with Gasteiger partial charge in [-0.15, -0.1) is 0 Å². The Bertz CT molecular complexity index is 2670. The highest BCUT2D eigenvalue weighted by molar-refractivity contribution is 7.00. The van der Waals surface area contributed by atoms with E-state index in [9.17, 15) is 0 Å². The quantitative estimate of drug-likeness (QED) is 0.167. The Hall–Kier alpha value is -6.00.